The van der Waals surface area contributed by atoms with E-state index in [0.29, 0.717) is 34.8 Å². The molecule has 0 saturated heterocycles. The molecule has 38 heavy (non-hydrogen) atoms. The van der Waals surface area contributed by atoms with Gasteiger partial charge in [-0.05, 0) is 61.4 Å². The minimum absolute atomic E-state index is 0.0630. The van der Waals surface area contributed by atoms with Gasteiger partial charge in [0.2, 0.25) is 0 Å². The lowest BCUT2D eigenvalue weighted by atomic mass is 10.0. The summed E-state index contributed by atoms with van der Waals surface area (Å²) in [6, 6.07) is 14.4. The largest absolute Gasteiger partial charge is 0.488 e. The van der Waals surface area contributed by atoms with Crippen LogP contribution in [-0.2, 0) is 4.79 Å². The lowest BCUT2D eigenvalue weighted by Gasteiger charge is -2.14. The molecule has 0 aliphatic carbocycles. The number of carbonyl (C=O) groups excluding carboxylic acids is 1. The first kappa shape index (κ1) is 28.7. The topological polar surface area (TPSA) is 85.0 Å². The smallest absolute Gasteiger partial charge is 0.153 e. The van der Waals surface area contributed by atoms with Crippen molar-refractivity contribution in [1.29, 1.82) is 0 Å². The second-order valence-corrected chi connectivity index (χ2v) is 11.4. The third-order valence-electron chi connectivity index (χ3n) is 5.93. The highest BCUT2D eigenvalue weighted by Crippen LogP contribution is 2.27. The Hall–Kier alpha value is -2.33. The van der Waals surface area contributed by atoms with Crippen LogP contribution in [0.4, 0.5) is 0 Å². The van der Waals surface area contributed by atoms with E-state index in [4.69, 9.17) is 32.7 Å². The van der Waals surface area contributed by atoms with Crippen LogP contribution >= 0.6 is 46.7 Å². The summed E-state index contributed by atoms with van der Waals surface area (Å²) in [7, 11) is 0. The van der Waals surface area contributed by atoms with Crippen LogP contribution in [-0.4, -0.2) is 52.0 Å². The van der Waals surface area contributed by atoms with E-state index < -0.39 is 0 Å². The van der Waals surface area contributed by atoms with E-state index in [9.17, 15) is 4.79 Å². The molecule has 2 heterocycles. The van der Waals surface area contributed by atoms with E-state index in [2.05, 4.69) is 34.3 Å². The number of Topliss-reactive ketones (excluding diaryl/α,β-unsaturated/α-hetero) is 1. The summed E-state index contributed by atoms with van der Waals surface area (Å²) < 4.78 is 11.7. The third-order valence-corrected chi connectivity index (χ3v) is 8.69. The monoisotopic (exact) mass is 590 g/mol. The standard InChI is InChI=1S/C27H28Cl2N4O3S2/c1-3-22-24(13-35-20-9-5-17(28)6-10-20)30-32-26(22)37-15-19(34)16-38-27-23(4-2)25(31-33-27)14-36-21-11-7-18(29)8-12-21/h5-12,22-23H,3-4,13-16H2,1-2H3/t22-,23+. The summed E-state index contributed by atoms with van der Waals surface area (Å²) >= 11 is 14.8. The average molecular weight is 592 g/mol. The van der Waals surface area contributed by atoms with Crippen molar-refractivity contribution in [3.63, 3.8) is 0 Å². The predicted molar refractivity (Wildman–Crippen MR) is 161 cm³/mol. The number of carbonyl (C=O) groups is 1. The molecule has 2 aromatic carbocycles. The third kappa shape index (κ3) is 7.85. The normalized spacial score (nSPS) is 18.5. The molecule has 4 rings (SSSR count). The molecule has 0 amide bonds. The predicted octanol–water partition coefficient (Wildman–Crippen LogP) is 7.08. The van der Waals surface area contributed by atoms with Crippen LogP contribution in [0.2, 0.25) is 10.0 Å². The molecule has 0 unspecified atom stereocenters. The summed E-state index contributed by atoms with van der Waals surface area (Å²) in [4.78, 5) is 12.7. The van der Waals surface area contributed by atoms with Crippen LogP contribution in [0.3, 0.4) is 0 Å². The highest BCUT2D eigenvalue weighted by molar-refractivity contribution is 8.15. The Morgan fingerprint density at radius 2 is 1.11 bits per heavy atom. The van der Waals surface area contributed by atoms with Gasteiger partial charge in [-0.3, -0.25) is 4.79 Å². The van der Waals surface area contributed by atoms with Gasteiger partial charge in [-0.25, -0.2) is 0 Å². The van der Waals surface area contributed by atoms with Gasteiger partial charge in [-0.1, -0.05) is 37.0 Å². The number of halogens is 2. The van der Waals surface area contributed by atoms with Crippen molar-refractivity contribution in [1.82, 2.24) is 0 Å². The van der Waals surface area contributed by atoms with Crippen molar-refractivity contribution in [2.75, 3.05) is 24.7 Å². The molecule has 0 bridgehead atoms. The Kier molecular flexibility index (Phi) is 10.7. The zero-order chi connectivity index (χ0) is 26.9. The molecule has 200 valence electrons. The van der Waals surface area contributed by atoms with Gasteiger partial charge < -0.3 is 9.47 Å². The van der Waals surface area contributed by atoms with Crippen LogP contribution in [0, 0.1) is 11.8 Å². The van der Waals surface area contributed by atoms with Crippen LogP contribution in [0.5, 0.6) is 11.5 Å². The lowest BCUT2D eigenvalue weighted by molar-refractivity contribution is -0.114. The maximum Gasteiger partial charge on any atom is 0.153 e. The molecule has 0 aromatic heterocycles. The van der Waals surface area contributed by atoms with Gasteiger partial charge in [-0.2, -0.15) is 10.2 Å². The molecule has 0 fully saturated rings. The molecule has 0 radical (unpaired) electrons. The summed E-state index contributed by atoms with van der Waals surface area (Å²) in [5.74, 6) is 2.36. The highest BCUT2D eigenvalue weighted by atomic mass is 35.5. The quantitative estimate of drug-likeness (QED) is 0.264. The first-order valence-corrected chi connectivity index (χ1v) is 15.0. The van der Waals surface area contributed by atoms with Crippen molar-refractivity contribution in [3.05, 3.63) is 58.6 Å². The first-order chi connectivity index (χ1) is 18.5. The number of ether oxygens (including phenoxy) is 2. The second-order valence-electron chi connectivity index (χ2n) is 8.58. The van der Waals surface area contributed by atoms with Crippen LogP contribution in [0.15, 0.2) is 68.9 Å². The van der Waals surface area contributed by atoms with Crippen LogP contribution in [0.25, 0.3) is 0 Å². The summed E-state index contributed by atoms with van der Waals surface area (Å²) in [6.07, 6.45) is 1.68. The van der Waals surface area contributed by atoms with Gasteiger partial charge in [0, 0.05) is 10.0 Å². The Morgan fingerprint density at radius 3 is 1.47 bits per heavy atom. The van der Waals surface area contributed by atoms with E-state index >= 15 is 0 Å². The number of hydrogen-bond acceptors (Lipinski definition) is 9. The molecule has 2 atom stereocenters. The fraction of sp³-hybridized carbons (Fsp3) is 0.370. The van der Waals surface area contributed by atoms with E-state index in [0.717, 1.165) is 45.9 Å². The van der Waals surface area contributed by atoms with Gasteiger partial charge in [0.1, 0.15) is 34.8 Å². The van der Waals surface area contributed by atoms with E-state index in [1.807, 2.05) is 24.3 Å². The summed E-state index contributed by atoms with van der Waals surface area (Å²) in [6.45, 7) is 4.86. The number of hydrogen-bond donors (Lipinski definition) is 0. The molecular weight excluding hydrogens is 563 g/mol. The second kappa shape index (κ2) is 14.2. The fourth-order valence-corrected chi connectivity index (χ4v) is 6.26. The number of rotatable bonds is 12. The molecule has 11 heteroatoms. The van der Waals surface area contributed by atoms with Gasteiger partial charge in [-0.15, -0.1) is 33.7 Å². The SMILES string of the molecule is CC[C@@H]1C(COc2ccc(Cl)cc2)=NN=C1SCC(=O)CSC1=NN=C(COc2ccc(Cl)cc2)[C@@H]1CC. The van der Waals surface area contributed by atoms with E-state index in [1.54, 1.807) is 24.3 Å². The molecule has 7 nitrogen and oxygen atoms in total. The van der Waals surface area contributed by atoms with Crippen molar-refractivity contribution < 1.29 is 14.3 Å². The number of nitrogens with zero attached hydrogens (tertiary/aromatic N) is 4. The van der Waals surface area contributed by atoms with Crippen LogP contribution in [0.1, 0.15) is 26.7 Å². The Balaban J connectivity index is 1.18. The fourth-order valence-electron chi connectivity index (χ4n) is 3.86. The Morgan fingerprint density at radius 1 is 0.711 bits per heavy atom. The molecule has 2 aliphatic rings. The zero-order valence-corrected chi connectivity index (χ0v) is 24.2. The highest BCUT2D eigenvalue weighted by Gasteiger charge is 2.29. The van der Waals surface area contributed by atoms with Crippen molar-refractivity contribution in [2.45, 2.75) is 26.7 Å². The molecule has 0 spiro atoms. The Bertz CT molecular complexity index is 1150. The van der Waals surface area contributed by atoms with Gasteiger partial charge in [0.05, 0.1) is 34.8 Å². The molecular formula is C27H28Cl2N4O3S2. The van der Waals surface area contributed by atoms with Gasteiger partial charge in [0.25, 0.3) is 0 Å². The number of thioether (sulfide) groups is 2. The maximum atomic E-state index is 12.7. The first-order valence-electron chi connectivity index (χ1n) is 12.3. The van der Waals surface area contributed by atoms with Crippen molar-refractivity contribution in [2.24, 2.45) is 32.2 Å². The average Bonchev–Trinajstić information content (AvgIpc) is 3.52. The van der Waals surface area contributed by atoms with Crippen molar-refractivity contribution >= 4 is 74.0 Å². The maximum absolute atomic E-state index is 12.7. The minimum atomic E-state index is 0.0630. The molecule has 2 aliphatic heterocycles. The molecule has 0 N–H and O–H groups in total. The molecule has 0 saturated carbocycles. The summed E-state index contributed by atoms with van der Waals surface area (Å²) in [5, 5.41) is 20.4. The van der Waals surface area contributed by atoms with Gasteiger partial charge in [0.15, 0.2) is 5.78 Å². The summed E-state index contributed by atoms with van der Waals surface area (Å²) in [5.41, 5.74) is 1.73. The van der Waals surface area contributed by atoms with E-state index in [1.165, 1.54) is 23.5 Å². The lowest BCUT2D eigenvalue weighted by Crippen LogP contribution is -2.25. The Labute approximate surface area is 241 Å². The molecule has 2 aromatic rings. The number of ketones is 1. The van der Waals surface area contributed by atoms with Crippen molar-refractivity contribution in [3.8, 4) is 11.5 Å². The minimum Gasteiger partial charge on any atom is -0.488 e. The zero-order valence-electron chi connectivity index (χ0n) is 21.1. The van der Waals surface area contributed by atoms with E-state index in [-0.39, 0.29) is 17.6 Å². The number of benzene rings is 2. The van der Waals surface area contributed by atoms with Crippen LogP contribution < -0.4 is 9.47 Å². The van der Waals surface area contributed by atoms with Gasteiger partial charge >= 0.3 is 0 Å².